The van der Waals surface area contributed by atoms with Crippen molar-refractivity contribution in [3.63, 3.8) is 0 Å². The zero-order valence-electron chi connectivity index (χ0n) is 11.1. The molecule has 0 unspecified atom stereocenters. The number of hydrogen-bond acceptors (Lipinski definition) is 5. The molecule has 2 rings (SSSR count). The van der Waals surface area contributed by atoms with E-state index in [9.17, 15) is 14.4 Å². The maximum atomic E-state index is 11.9. The quantitative estimate of drug-likeness (QED) is 0.780. The van der Waals surface area contributed by atoms with Crippen LogP contribution in [0.4, 0.5) is 0 Å². The largest absolute Gasteiger partial charge is 0.449 e. The number of amides is 1. The van der Waals surface area contributed by atoms with Crippen molar-refractivity contribution in [3.05, 3.63) is 46.3 Å². The molecule has 1 aromatic heterocycles. The van der Waals surface area contributed by atoms with Gasteiger partial charge in [0.15, 0.2) is 5.43 Å². The van der Waals surface area contributed by atoms with Gasteiger partial charge < -0.3 is 9.25 Å². The first kappa shape index (κ1) is 13.8. The third-order valence-electron chi connectivity index (χ3n) is 2.67. The van der Waals surface area contributed by atoms with Gasteiger partial charge in [-0.2, -0.15) is 5.06 Å². The zero-order valence-corrected chi connectivity index (χ0v) is 11.1. The molecule has 0 aliphatic heterocycles. The highest BCUT2D eigenvalue weighted by atomic mass is 16.7. The van der Waals surface area contributed by atoms with Crippen molar-refractivity contribution < 1.29 is 18.8 Å². The molecule has 0 atom stereocenters. The predicted octanol–water partition coefficient (Wildman–Crippen LogP) is 1.73. The molecule has 6 heteroatoms. The zero-order chi connectivity index (χ0) is 14.7. The fourth-order valence-corrected chi connectivity index (χ4v) is 1.70. The molecule has 0 saturated carbocycles. The summed E-state index contributed by atoms with van der Waals surface area (Å²) in [5.74, 6) is -1.54. The summed E-state index contributed by atoms with van der Waals surface area (Å²) in [6.07, 6.45) is 0. The minimum absolute atomic E-state index is 0.207. The number of hydrogen-bond donors (Lipinski definition) is 0. The van der Waals surface area contributed by atoms with Crippen LogP contribution in [0.3, 0.4) is 0 Å². The van der Waals surface area contributed by atoms with Gasteiger partial charge in [-0.15, -0.1) is 0 Å². The summed E-state index contributed by atoms with van der Waals surface area (Å²) in [7, 11) is 0. The van der Waals surface area contributed by atoms with Crippen molar-refractivity contribution >= 4 is 22.8 Å². The second-order valence-corrected chi connectivity index (χ2v) is 4.06. The molecule has 0 radical (unpaired) electrons. The van der Waals surface area contributed by atoms with Crippen LogP contribution < -0.4 is 5.43 Å². The van der Waals surface area contributed by atoms with Gasteiger partial charge >= 0.3 is 5.97 Å². The maximum Gasteiger partial charge on any atom is 0.398 e. The third-order valence-corrected chi connectivity index (χ3v) is 2.67. The van der Waals surface area contributed by atoms with Crippen LogP contribution in [0.25, 0.3) is 11.0 Å². The van der Waals surface area contributed by atoms with Gasteiger partial charge in [0.1, 0.15) is 5.58 Å². The van der Waals surface area contributed by atoms with Crippen molar-refractivity contribution in [1.29, 1.82) is 0 Å². The highest BCUT2D eigenvalue weighted by Gasteiger charge is 2.18. The van der Waals surface area contributed by atoms with E-state index >= 15 is 0 Å². The lowest BCUT2D eigenvalue weighted by atomic mass is 10.2. The predicted molar refractivity (Wildman–Crippen MR) is 71.0 cm³/mol. The highest BCUT2D eigenvalue weighted by Crippen LogP contribution is 2.12. The number of hydroxylamine groups is 2. The molecule has 0 fully saturated rings. The SMILES string of the molecule is CCN(OC(=O)c1cc(=O)c2ccccc2o1)C(C)=O. The smallest absolute Gasteiger partial charge is 0.398 e. The first-order valence-corrected chi connectivity index (χ1v) is 6.06. The number of nitrogens with zero attached hydrogens (tertiary/aromatic N) is 1. The van der Waals surface area contributed by atoms with Crippen LogP contribution in [0.5, 0.6) is 0 Å². The summed E-state index contributed by atoms with van der Waals surface area (Å²) in [6.45, 7) is 3.14. The van der Waals surface area contributed by atoms with Gasteiger partial charge in [0.2, 0.25) is 5.76 Å². The molecule has 0 bridgehead atoms. The van der Waals surface area contributed by atoms with Crippen molar-refractivity contribution in [2.75, 3.05) is 6.54 Å². The Morgan fingerprint density at radius 1 is 1.30 bits per heavy atom. The minimum Gasteiger partial charge on any atom is -0.449 e. The van der Waals surface area contributed by atoms with Gasteiger partial charge in [0.05, 0.1) is 11.9 Å². The van der Waals surface area contributed by atoms with E-state index in [0.29, 0.717) is 5.39 Å². The standard InChI is InChI=1S/C14H13NO5/c1-3-15(9(2)16)20-14(18)13-8-11(17)10-6-4-5-7-12(10)19-13/h4-8H,3H2,1-2H3. The van der Waals surface area contributed by atoms with E-state index in [1.165, 1.54) is 6.92 Å². The molecular weight excluding hydrogens is 262 g/mol. The monoisotopic (exact) mass is 275 g/mol. The van der Waals surface area contributed by atoms with Gasteiger partial charge in [0, 0.05) is 13.0 Å². The van der Waals surface area contributed by atoms with Gasteiger partial charge in [-0.1, -0.05) is 12.1 Å². The number of fused-ring (bicyclic) bond motifs is 1. The van der Waals surface area contributed by atoms with E-state index in [0.717, 1.165) is 11.1 Å². The second kappa shape index (κ2) is 5.56. The number of rotatable bonds is 2. The van der Waals surface area contributed by atoms with Crippen LogP contribution in [0.15, 0.2) is 39.5 Å². The topological polar surface area (TPSA) is 76.8 Å². The lowest BCUT2D eigenvalue weighted by Crippen LogP contribution is -2.31. The average molecular weight is 275 g/mol. The van der Waals surface area contributed by atoms with E-state index in [1.807, 2.05) is 0 Å². The summed E-state index contributed by atoms with van der Waals surface area (Å²) >= 11 is 0. The fourth-order valence-electron chi connectivity index (χ4n) is 1.70. The van der Waals surface area contributed by atoms with Crippen molar-refractivity contribution in [2.24, 2.45) is 0 Å². The Morgan fingerprint density at radius 3 is 2.65 bits per heavy atom. The molecule has 104 valence electrons. The van der Waals surface area contributed by atoms with Crippen LogP contribution in [0.1, 0.15) is 24.4 Å². The Hall–Kier alpha value is -2.63. The Kier molecular flexibility index (Phi) is 3.84. The Bertz CT molecular complexity index is 719. The first-order chi connectivity index (χ1) is 9.52. The summed E-state index contributed by atoms with van der Waals surface area (Å²) in [6, 6.07) is 7.62. The minimum atomic E-state index is -0.884. The first-order valence-electron chi connectivity index (χ1n) is 6.06. The van der Waals surface area contributed by atoms with Crippen LogP contribution in [0.2, 0.25) is 0 Å². The van der Waals surface area contributed by atoms with Crippen molar-refractivity contribution in [2.45, 2.75) is 13.8 Å². The van der Waals surface area contributed by atoms with Crippen molar-refractivity contribution in [1.82, 2.24) is 5.06 Å². The molecule has 0 spiro atoms. The Labute approximate surface area is 114 Å². The molecule has 2 aromatic rings. The Morgan fingerprint density at radius 2 is 2.00 bits per heavy atom. The normalized spacial score (nSPS) is 10.3. The van der Waals surface area contributed by atoms with E-state index in [2.05, 4.69) is 0 Å². The van der Waals surface area contributed by atoms with E-state index in [1.54, 1.807) is 31.2 Å². The molecule has 0 saturated heterocycles. The van der Waals surface area contributed by atoms with Gasteiger partial charge in [0.25, 0.3) is 5.91 Å². The van der Waals surface area contributed by atoms with E-state index in [4.69, 9.17) is 9.25 Å². The highest BCUT2D eigenvalue weighted by molar-refractivity contribution is 5.89. The lowest BCUT2D eigenvalue weighted by Gasteiger charge is -2.16. The third kappa shape index (κ3) is 2.69. The molecule has 20 heavy (non-hydrogen) atoms. The molecule has 0 aliphatic rings. The van der Waals surface area contributed by atoms with Gasteiger partial charge in [-0.05, 0) is 19.1 Å². The number of carbonyl (C=O) groups excluding carboxylic acids is 2. The summed E-state index contributed by atoms with van der Waals surface area (Å²) < 4.78 is 5.32. The van der Waals surface area contributed by atoms with E-state index < -0.39 is 11.9 Å². The van der Waals surface area contributed by atoms with E-state index in [-0.39, 0.29) is 23.3 Å². The lowest BCUT2D eigenvalue weighted by molar-refractivity contribution is -0.164. The van der Waals surface area contributed by atoms with Crippen LogP contribution in [-0.2, 0) is 9.63 Å². The molecule has 6 nitrogen and oxygen atoms in total. The molecule has 1 heterocycles. The molecule has 0 N–H and O–H groups in total. The molecule has 1 amide bonds. The van der Waals surface area contributed by atoms with Crippen LogP contribution >= 0.6 is 0 Å². The number of para-hydroxylation sites is 1. The molecule has 1 aromatic carbocycles. The average Bonchev–Trinajstić information content (AvgIpc) is 2.44. The summed E-state index contributed by atoms with van der Waals surface area (Å²) in [4.78, 5) is 39.8. The maximum absolute atomic E-state index is 11.9. The fraction of sp³-hybridized carbons (Fsp3) is 0.214. The second-order valence-electron chi connectivity index (χ2n) is 4.06. The molecular formula is C14H13NO5. The molecule has 0 aliphatic carbocycles. The number of carbonyl (C=O) groups is 2. The van der Waals surface area contributed by atoms with Crippen LogP contribution in [0, 0.1) is 0 Å². The summed E-state index contributed by atoms with van der Waals surface area (Å²) in [5.41, 5.74) is -0.0532. The van der Waals surface area contributed by atoms with Gasteiger partial charge in [-0.25, -0.2) is 4.79 Å². The number of benzene rings is 1. The van der Waals surface area contributed by atoms with Gasteiger partial charge in [-0.3, -0.25) is 9.59 Å². The van der Waals surface area contributed by atoms with Crippen molar-refractivity contribution in [3.8, 4) is 0 Å². The van der Waals surface area contributed by atoms with Crippen LogP contribution in [-0.4, -0.2) is 23.5 Å². The summed E-state index contributed by atoms with van der Waals surface area (Å²) in [5, 5.41) is 1.26. The Balaban J connectivity index is 2.36.